The molecule has 2 heterocycles. The zero-order valence-corrected chi connectivity index (χ0v) is 18.5. The predicted octanol–water partition coefficient (Wildman–Crippen LogP) is 3.14. The number of hydrogen-bond acceptors (Lipinski definition) is 7. The molecule has 1 amide bonds. The number of carbonyl (C=O) groups is 1. The highest BCUT2D eigenvalue weighted by atomic mass is 16.5. The van der Waals surface area contributed by atoms with E-state index in [1.807, 2.05) is 43.3 Å². The number of nitriles is 1. The Morgan fingerprint density at radius 1 is 0.909 bits per heavy atom. The van der Waals surface area contributed by atoms with Gasteiger partial charge in [-0.05, 0) is 67.6 Å². The highest BCUT2D eigenvalue weighted by Crippen LogP contribution is 2.22. The second-order valence-electron chi connectivity index (χ2n) is 7.53. The van der Waals surface area contributed by atoms with Crippen molar-refractivity contribution in [3.05, 3.63) is 66.2 Å². The quantitative estimate of drug-likeness (QED) is 0.554. The van der Waals surface area contributed by atoms with Crippen molar-refractivity contribution < 1.29 is 14.3 Å². The number of piperazine rings is 1. The van der Waals surface area contributed by atoms with E-state index in [1.165, 1.54) is 0 Å². The fourth-order valence-electron chi connectivity index (χ4n) is 3.58. The summed E-state index contributed by atoms with van der Waals surface area (Å²) < 4.78 is 11.0. The van der Waals surface area contributed by atoms with Crippen LogP contribution in [0.2, 0.25) is 0 Å². The molecule has 0 saturated carbocycles. The number of ether oxygens (including phenoxy) is 2. The van der Waals surface area contributed by atoms with Crippen LogP contribution in [0, 0.1) is 11.3 Å². The molecular weight excluding hydrogens is 418 g/mol. The second kappa shape index (κ2) is 10.5. The molecule has 1 fully saturated rings. The first-order chi connectivity index (χ1) is 16.2. The molecule has 0 unspecified atom stereocenters. The van der Waals surface area contributed by atoms with E-state index in [9.17, 15) is 4.79 Å². The van der Waals surface area contributed by atoms with Gasteiger partial charge in [-0.25, -0.2) is 0 Å². The first-order valence-electron chi connectivity index (χ1n) is 10.9. The lowest BCUT2D eigenvalue weighted by Gasteiger charge is -2.35. The summed E-state index contributed by atoms with van der Waals surface area (Å²) in [5, 5.41) is 17.6. The van der Waals surface area contributed by atoms with E-state index in [-0.39, 0.29) is 12.5 Å². The van der Waals surface area contributed by atoms with Crippen molar-refractivity contribution in [1.82, 2.24) is 15.1 Å². The van der Waals surface area contributed by atoms with Crippen LogP contribution in [0.4, 0.5) is 5.82 Å². The molecular formula is C25H25N5O3. The van der Waals surface area contributed by atoms with Gasteiger partial charge in [0.15, 0.2) is 12.4 Å². The molecule has 0 aliphatic carbocycles. The summed E-state index contributed by atoms with van der Waals surface area (Å²) in [6, 6.07) is 20.5. The fraction of sp³-hybridized carbons (Fsp3) is 0.280. The summed E-state index contributed by atoms with van der Waals surface area (Å²) in [6.45, 7) is 5.12. The van der Waals surface area contributed by atoms with E-state index in [0.29, 0.717) is 44.1 Å². The van der Waals surface area contributed by atoms with E-state index in [4.69, 9.17) is 14.7 Å². The molecule has 8 nitrogen and oxygen atoms in total. The Kier molecular flexibility index (Phi) is 7.00. The number of anilines is 1. The number of amides is 1. The van der Waals surface area contributed by atoms with Crippen LogP contribution < -0.4 is 14.4 Å². The molecule has 0 atom stereocenters. The Bertz CT molecular complexity index is 1100. The van der Waals surface area contributed by atoms with Crippen molar-refractivity contribution >= 4 is 11.7 Å². The maximum Gasteiger partial charge on any atom is 0.260 e. The zero-order chi connectivity index (χ0) is 23.0. The van der Waals surface area contributed by atoms with Crippen LogP contribution in [0.15, 0.2) is 60.7 Å². The predicted molar refractivity (Wildman–Crippen MR) is 124 cm³/mol. The standard InChI is InChI=1S/C25H25N5O3/c1-2-32-21-9-5-20(6-10-21)23-11-12-24(28-27-23)29-13-15-30(16-14-29)25(31)18-33-22-7-3-19(17-26)4-8-22/h3-12H,2,13-16,18H2,1H3. The van der Waals surface area contributed by atoms with Crippen molar-refractivity contribution in [3.63, 3.8) is 0 Å². The average Bonchev–Trinajstić information content (AvgIpc) is 2.88. The fourth-order valence-corrected chi connectivity index (χ4v) is 3.58. The van der Waals surface area contributed by atoms with Gasteiger partial charge in [0.1, 0.15) is 11.5 Å². The highest BCUT2D eigenvalue weighted by Gasteiger charge is 2.22. The summed E-state index contributed by atoms with van der Waals surface area (Å²) in [5.74, 6) is 2.14. The van der Waals surface area contributed by atoms with Gasteiger partial charge in [-0.1, -0.05) is 0 Å². The molecule has 0 N–H and O–H groups in total. The first-order valence-corrected chi connectivity index (χ1v) is 10.9. The Morgan fingerprint density at radius 2 is 1.58 bits per heavy atom. The highest BCUT2D eigenvalue weighted by molar-refractivity contribution is 5.78. The molecule has 1 aromatic heterocycles. The van der Waals surface area contributed by atoms with Crippen molar-refractivity contribution in [2.24, 2.45) is 0 Å². The van der Waals surface area contributed by atoms with Gasteiger partial charge in [-0.15, -0.1) is 10.2 Å². The van der Waals surface area contributed by atoms with Crippen LogP contribution in [0.1, 0.15) is 12.5 Å². The molecule has 33 heavy (non-hydrogen) atoms. The SMILES string of the molecule is CCOc1ccc(-c2ccc(N3CCN(C(=O)COc4ccc(C#N)cc4)CC3)nn2)cc1. The molecule has 168 valence electrons. The number of hydrogen-bond donors (Lipinski definition) is 0. The molecule has 3 aromatic rings. The molecule has 4 rings (SSSR count). The van der Waals surface area contributed by atoms with Crippen molar-refractivity contribution in [1.29, 1.82) is 5.26 Å². The minimum Gasteiger partial charge on any atom is -0.494 e. The van der Waals surface area contributed by atoms with Crippen LogP contribution in [-0.2, 0) is 4.79 Å². The third kappa shape index (κ3) is 5.57. The van der Waals surface area contributed by atoms with E-state index in [0.717, 1.165) is 22.8 Å². The van der Waals surface area contributed by atoms with Gasteiger partial charge in [0.25, 0.3) is 5.91 Å². The number of nitrogens with zero attached hydrogens (tertiary/aromatic N) is 5. The Balaban J connectivity index is 1.27. The number of carbonyl (C=O) groups excluding carboxylic acids is 1. The van der Waals surface area contributed by atoms with Crippen LogP contribution in [0.3, 0.4) is 0 Å². The van der Waals surface area contributed by atoms with Crippen LogP contribution >= 0.6 is 0 Å². The van der Waals surface area contributed by atoms with Crippen molar-refractivity contribution in [2.75, 3.05) is 44.3 Å². The molecule has 1 saturated heterocycles. The molecule has 0 bridgehead atoms. The smallest absolute Gasteiger partial charge is 0.260 e. The van der Waals surface area contributed by atoms with Crippen LogP contribution in [0.25, 0.3) is 11.3 Å². The molecule has 8 heteroatoms. The van der Waals surface area contributed by atoms with Gasteiger partial charge in [-0.3, -0.25) is 4.79 Å². The lowest BCUT2D eigenvalue weighted by molar-refractivity contribution is -0.133. The molecule has 2 aromatic carbocycles. The van der Waals surface area contributed by atoms with E-state index in [2.05, 4.69) is 21.2 Å². The largest absolute Gasteiger partial charge is 0.494 e. The summed E-state index contributed by atoms with van der Waals surface area (Å²) in [6.07, 6.45) is 0. The maximum absolute atomic E-state index is 12.5. The van der Waals surface area contributed by atoms with E-state index >= 15 is 0 Å². The first kappa shape index (κ1) is 22.1. The lowest BCUT2D eigenvalue weighted by atomic mass is 10.1. The lowest BCUT2D eigenvalue weighted by Crippen LogP contribution is -2.50. The zero-order valence-electron chi connectivity index (χ0n) is 18.5. The van der Waals surface area contributed by atoms with Crippen LogP contribution in [-0.4, -0.2) is 60.4 Å². The topological polar surface area (TPSA) is 91.6 Å². The van der Waals surface area contributed by atoms with E-state index in [1.54, 1.807) is 29.2 Å². The van der Waals surface area contributed by atoms with Gasteiger partial charge in [0.05, 0.1) is 23.9 Å². The molecule has 1 aliphatic heterocycles. The van der Waals surface area contributed by atoms with Crippen LogP contribution in [0.5, 0.6) is 11.5 Å². The Labute approximate surface area is 193 Å². The Hall–Kier alpha value is -4.12. The second-order valence-corrected chi connectivity index (χ2v) is 7.53. The molecule has 0 spiro atoms. The summed E-state index contributed by atoms with van der Waals surface area (Å²) in [4.78, 5) is 16.4. The minimum absolute atomic E-state index is 0.0253. The molecule has 1 aliphatic rings. The minimum atomic E-state index is -0.0593. The maximum atomic E-state index is 12.5. The number of rotatable bonds is 7. The summed E-state index contributed by atoms with van der Waals surface area (Å²) >= 11 is 0. The molecule has 0 radical (unpaired) electrons. The van der Waals surface area contributed by atoms with Gasteiger partial charge < -0.3 is 19.3 Å². The third-order valence-corrected chi connectivity index (χ3v) is 5.41. The average molecular weight is 444 g/mol. The van der Waals surface area contributed by atoms with Gasteiger partial charge in [-0.2, -0.15) is 5.26 Å². The van der Waals surface area contributed by atoms with Gasteiger partial charge in [0.2, 0.25) is 0 Å². The van der Waals surface area contributed by atoms with Crippen molar-refractivity contribution in [2.45, 2.75) is 6.92 Å². The third-order valence-electron chi connectivity index (χ3n) is 5.41. The van der Waals surface area contributed by atoms with Gasteiger partial charge >= 0.3 is 0 Å². The number of aromatic nitrogens is 2. The summed E-state index contributed by atoms with van der Waals surface area (Å²) in [7, 11) is 0. The van der Waals surface area contributed by atoms with Crippen molar-refractivity contribution in [3.8, 4) is 28.8 Å². The summed E-state index contributed by atoms with van der Waals surface area (Å²) in [5.41, 5.74) is 2.34. The number of benzene rings is 2. The van der Waals surface area contributed by atoms with Gasteiger partial charge in [0, 0.05) is 31.7 Å². The van der Waals surface area contributed by atoms with E-state index < -0.39 is 0 Å². The monoisotopic (exact) mass is 443 g/mol. The Morgan fingerprint density at radius 3 is 2.18 bits per heavy atom. The normalized spacial score (nSPS) is 13.3.